The van der Waals surface area contributed by atoms with Gasteiger partial charge in [0, 0.05) is 16.6 Å². The van der Waals surface area contributed by atoms with Gasteiger partial charge in [0.1, 0.15) is 18.3 Å². The molecule has 0 bridgehead atoms. The van der Waals surface area contributed by atoms with E-state index in [1.807, 2.05) is 32.9 Å². The van der Waals surface area contributed by atoms with Crippen LogP contribution in [0.1, 0.15) is 51.0 Å². The lowest BCUT2D eigenvalue weighted by Gasteiger charge is -2.22. The first-order chi connectivity index (χ1) is 14.7. The quantitative estimate of drug-likeness (QED) is 0.621. The van der Waals surface area contributed by atoms with Crippen molar-refractivity contribution in [2.45, 2.75) is 51.4 Å². The van der Waals surface area contributed by atoms with Crippen LogP contribution in [0.2, 0.25) is 5.02 Å². The van der Waals surface area contributed by atoms with Crippen LogP contribution in [-0.4, -0.2) is 61.4 Å². The molecule has 0 spiro atoms. The minimum absolute atomic E-state index is 0.178. The molecule has 0 radical (unpaired) electrons. The first-order valence-corrected chi connectivity index (χ1v) is 10.8. The summed E-state index contributed by atoms with van der Waals surface area (Å²) in [5, 5.41) is 16.0. The molecule has 1 aliphatic heterocycles. The number of likely N-dealkylation sites (tertiary alicyclic amines) is 1. The molecule has 3 aromatic rings. The zero-order valence-electron chi connectivity index (χ0n) is 18.2. The summed E-state index contributed by atoms with van der Waals surface area (Å²) in [7, 11) is 2.09. The van der Waals surface area contributed by atoms with Crippen LogP contribution in [0.25, 0.3) is 5.65 Å². The first kappa shape index (κ1) is 21.8. The summed E-state index contributed by atoms with van der Waals surface area (Å²) >= 11 is 6.30. The number of imidazole rings is 1. The van der Waals surface area contributed by atoms with Crippen LogP contribution in [0, 0.1) is 0 Å². The van der Waals surface area contributed by atoms with Crippen molar-refractivity contribution < 1.29 is 14.6 Å². The molecule has 1 aliphatic rings. The van der Waals surface area contributed by atoms with Gasteiger partial charge in [0.05, 0.1) is 11.9 Å². The third kappa shape index (κ3) is 4.76. The van der Waals surface area contributed by atoms with Crippen LogP contribution in [0.15, 0.2) is 30.5 Å². The lowest BCUT2D eigenvalue weighted by atomic mass is 10.1. The Hall–Kier alpha value is -2.42. The molecule has 1 fully saturated rings. The summed E-state index contributed by atoms with van der Waals surface area (Å²) in [5.74, 6) is 0.301. The van der Waals surface area contributed by atoms with Crippen molar-refractivity contribution >= 4 is 17.2 Å². The van der Waals surface area contributed by atoms with E-state index in [4.69, 9.17) is 21.1 Å². The Bertz CT molecular complexity index is 1060. The summed E-state index contributed by atoms with van der Waals surface area (Å²) < 4.78 is 13.5. The molecular weight excluding hydrogens is 418 g/mol. The van der Waals surface area contributed by atoms with Crippen molar-refractivity contribution in [2.75, 3.05) is 20.2 Å². The van der Waals surface area contributed by atoms with E-state index in [0.717, 1.165) is 19.4 Å². The van der Waals surface area contributed by atoms with Crippen LogP contribution in [-0.2, 0) is 0 Å². The van der Waals surface area contributed by atoms with Crippen molar-refractivity contribution in [3.8, 4) is 11.9 Å². The van der Waals surface area contributed by atoms with Gasteiger partial charge in [-0.2, -0.15) is 4.98 Å². The number of likely N-dealkylation sites (N-methyl/N-ethyl adjacent to an activating group) is 1. The minimum Gasteiger partial charge on any atom is -0.469 e. The molecule has 2 aromatic heterocycles. The van der Waals surface area contributed by atoms with Crippen molar-refractivity contribution in [2.24, 2.45) is 0 Å². The molecule has 31 heavy (non-hydrogen) atoms. The molecule has 2 unspecified atom stereocenters. The molecule has 2 atom stereocenters. The highest BCUT2D eigenvalue weighted by molar-refractivity contribution is 6.31. The number of halogens is 1. The number of ether oxygens (including phenoxy) is 2. The fraction of sp³-hybridized carbons (Fsp3) is 0.500. The second kappa shape index (κ2) is 8.61. The monoisotopic (exact) mass is 445 g/mol. The van der Waals surface area contributed by atoms with E-state index in [9.17, 15) is 5.11 Å². The number of hydrogen-bond acceptors (Lipinski definition) is 7. The number of benzene rings is 1. The van der Waals surface area contributed by atoms with Gasteiger partial charge in [-0.25, -0.2) is 9.50 Å². The smallest absolute Gasteiger partial charge is 0.337 e. The largest absolute Gasteiger partial charge is 0.469 e. The van der Waals surface area contributed by atoms with Gasteiger partial charge in [-0.05, 0) is 53.3 Å². The molecule has 8 nitrogen and oxygen atoms in total. The Morgan fingerprint density at radius 2 is 2.06 bits per heavy atom. The molecule has 4 rings (SSSR count). The average molecular weight is 446 g/mol. The maximum absolute atomic E-state index is 11.0. The number of aliphatic hydroxyl groups is 1. The second-order valence-corrected chi connectivity index (χ2v) is 9.25. The lowest BCUT2D eigenvalue weighted by Crippen LogP contribution is -2.31. The molecule has 0 amide bonds. The Morgan fingerprint density at radius 1 is 1.29 bits per heavy atom. The van der Waals surface area contributed by atoms with E-state index in [0.29, 0.717) is 40.5 Å². The third-order valence-electron chi connectivity index (χ3n) is 5.30. The average Bonchev–Trinajstić information content (AvgIpc) is 3.31. The molecule has 1 saturated heterocycles. The minimum atomic E-state index is -1.02. The van der Waals surface area contributed by atoms with Crippen LogP contribution in [0.5, 0.6) is 11.9 Å². The van der Waals surface area contributed by atoms with Crippen molar-refractivity contribution in [3.05, 3.63) is 46.7 Å². The third-order valence-corrected chi connectivity index (χ3v) is 5.64. The van der Waals surface area contributed by atoms with Gasteiger partial charge >= 0.3 is 6.01 Å². The van der Waals surface area contributed by atoms with Gasteiger partial charge in [0.25, 0.3) is 5.88 Å². The fourth-order valence-electron chi connectivity index (χ4n) is 3.68. The SMILES string of the molecule is CN1CCCC1COc1nc(OC(C)(C)C)c2ncc(C(O)c3ccccc3Cl)n2n1. The van der Waals surface area contributed by atoms with Crippen LogP contribution < -0.4 is 9.47 Å². The number of rotatable bonds is 6. The Morgan fingerprint density at radius 3 is 2.74 bits per heavy atom. The highest BCUT2D eigenvalue weighted by atomic mass is 35.5. The zero-order valence-corrected chi connectivity index (χ0v) is 19.0. The first-order valence-electron chi connectivity index (χ1n) is 10.4. The van der Waals surface area contributed by atoms with Crippen LogP contribution in [0.4, 0.5) is 0 Å². The molecule has 166 valence electrons. The van der Waals surface area contributed by atoms with E-state index < -0.39 is 11.7 Å². The highest BCUT2D eigenvalue weighted by Crippen LogP contribution is 2.31. The molecule has 3 heterocycles. The Balaban J connectivity index is 1.72. The molecule has 9 heteroatoms. The van der Waals surface area contributed by atoms with E-state index in [1.54, 1.807) is 18.3 Å². The summed E-state index contributed by atoms with van der Waals surface area (Å²) in [6.45, 7) is 7.34. The van der Waals surface area contributed by atoms with Gasteiger partial charge in [-0.1, -0.05) is 29.8 Å². The standard InChI is InChI=1S/C22H28ClN5O3/c1-22(2,3)31-20-19-24-12-17(18(29)15-9-5-6-10-16(15)23)28(19)26-21(25-20)30-13-14-8-7-11-27(14)4/h5-6,9-10,12,14,18,29H,7-8,11,13H2,1-4H3. The normalized spacial score (nSPS) is 18.5. The van der Waals surface area contributed by atoms with Crippen LogP contribution >= 0.6 is 11.6 Å². The Labute approximate surface area is 186 Å². The predicted octanol–water partition coefficient (Wildman–Crippen LogP) is 3.51. The molecular formula is C22H28ClN5O3. The van der Waals surface area contributed by atoms with E-state index in [2.05, 4.69) is 27.0 Å². The van der Waals surface area contributed by atoms with Gasteiger partial charge in [-0.3, -0.25) is 0 Å². The lowest BCUT2D eigenvalue weighted by molar-refractivity contribution is 0.121. The summed E-state index contributed by atoms with van der Waals surface area (Å²) in [6, 6.07) is 7.65. The summed E-state index contributed by atoms with van der Waals surface area (Å²) in [6.07, 6.45) is 2.77. The Kier molecular flexibility index (Phi) is 6.05. The summed E-state index contributed by atoms with van der Waals surface area (Å²) in [5.41, 5.74) is 0.928. The molecule has 1 aromatic carbocycles. The number of hydrogen-bond donors (Lipinski definition) is 1. The van der Waals surface area contributed by atoms with E-state index in [1.165, 1.54) is 4.52 Å². The van der Waals surface area contributed by atoms with Crippen molar-refractivity contribution in [1.29, 1.82) is 0 Å². The number of aliphatic hydroxyl groups excluding tert-OH is 1. The molecule has 0 saturated carbocycles. The van der Waals surface area contributed by atoms with Gasteiger partial charge < -0.3 is 19.5 Å². The maximum Gasteiger partial charge on any atom is 0.337 e. The summed E-state index contributed by atoms with van der Waals surface area (Å²) in [4.78, 5) is 11.2. The number of fused-ring (bicyclic) bond motifs is 1. The van der Waals surface area contributed by atoms with Crippen molar-refractivity contribution in [3.63, 3.8) is 0 Å². The van der Waals surface area contributed by atoms with Gasteiger partial charge in [0.15, 0.2) is 0 Å². The van der Waals surface area contributed by atoms with E-state index >= 15 is 0 Å². The highest BCUT2D eigenvalue weighted by Gasteiger charge is 2.26. The van der Waals surface area contributed by atoms with Crippen LogP contribution in [0.3, 0.4) is 0 Å². The number of aromatic nitrogens is 4. The van der Waals surface area contributed by atoms with Crippen molar-refractivity contribution in [1.82, 2.24) is 24.5 Å². The van der Waals surface area contributed by atoms with Gasteiger partial charge in [0.2, 0.25) is 5.65 Å². The van der Waals surface area contributed by atoms with E-state index in [-0.39, 0.29) is 6.01 Å². The predicted molar refractivity (Wildman–Crippen MR) is 118 cm³/mol. The molecule has 1 N–H and O–H groups in total. The number of nitrogens with zero attached hydrogens (tertiary/aromatic N) is 5. The topological polar surface area (TPSA) is 85.0 Å². The fourth-order valence-corrected chi connectivity index (χ4v) is 3.92. The maximum atomic E-state index is 11.0. The van der Waals surface area contributed by atoms with Gasteiger partial charge in [-0.15, -0.1) is 5.10 Å². The second-order valence-electron chi connectivity index (χ2n) is 8.84. The molecule has 0 aliphatic carbocycles. The zero-order chi connectivity index (χ0) is 22.2.